The van der Waals surface area contributed by atoms with Gasteiger partial charge in [0.15, 0.2) is 0 Å². The molecule has 0 aliphatic heterocycles. The van der Waals surface area contributed by atoms with Gasteiger partial charge in [-0.1, -0.05) is 188 Å². The van der Waals surface area contributed by atoms with Gasteiger partial charge in [-0.15, -0.1) is 0 Å². The van der Waals surface area contributed by atoms with Crippen molar-refractivity contribution >= 4 is 98.5 Å². The molecule has 0 saturated carbocycles. The van der Waals surface area contributed by atoms with Crippen molar-refractivity contribution in [3.63, 3.8) is 0 Å². The van der Waals surface area contributed by atoms with Crippen LogP contribution in [0.4, 0.5) is 0 Å². The third-order valence-corrected chi connectivity index (χ3v) is 18.8. The predicted octanol–water partition coefficient (Wildman–Crippen LogP) is 21.8. The molecule has 0 bridgehead atoms. The van der Waals surface area contributed by atoms with E-state index in [-0.39, 0.29) is 0 Å². The van der Waals surface area contributed by atoms with Crippen molar-refractivity contribution in [2.45, 2.75) is 0 Å². The third-order valence-electron chi connectivity index (χ3n) is 18.8. The Morgan fingerprint density at radius 1 is 0.144 bits per heavy atom. The number of aromatic nitrogens is 6. The monoisotopic (exact) mass is 1150 g/mol. The summed E-state index contributed by atoms with van der Waals surface area (Å²) < 4.78 is 14.8. The van der Waals surface area contributed by atoms with E-state index in [0.717, 1.165) is 101 Å². The predicted molar refractivity (Wildman–Crippen MR) is 376 cm³/mol. The first kappa shape index (κ1) is 50.1. The number of para-hydroxylation sites is 7. The largest absolute Gasteiger partial charge is 0.295 e. The molecule has 0 aliphatic rings. The fraction of sp³-hybridized carbons (Fsp3) is 0. The van der Waals surface area contributed by atoms with E-state index in [1.165, 1.54) is 65.1 Å². The van der Waals surface area contributed by atoms with Gasteiger partial charge < -0.3 is 0 Å². The van der Waals surface area contributed by atoms with E-state index in [1.807, 2.05) is 0 Å². The van der Waals surface area contributed by atoms with E-state index in [0.29, 0.717) is 0 Å². The molecule has 19 rings (SSSR count). The molecule has 6 aromatic heterocycles. The van der Waals surface area contributed by atoms with E-state index >= 15 is 0 Å². The fourth-order valence-electron chi connectivity index (χ4n) is 14.9. The first-order valence-electron chi connectivity index (χ1n) is 30.9. The molecule has 0 aliphatic carbocycles. The molecule has 0 saturated heterocycles. The summed E-state index contributed by atoms with van der Waals surface area (Å²) in [5, 5.41) is 10.9. The highest BCUT2D eigenvalue weighted by molar-refractivity contribution is 6.26. The Balaban J connectivity index is 0.871. The van der Waals surface area contributed by atoms with Crippen molar-refractivity contribution in [2.75, 3.05) is 0 Å². The number of hydrogen-bond donors (Lipinski definition) is 0. The molecular formula is C84H54N6. The SMILES string of the molecule is c1ccc(-c2ccc3c(c2)c2c4cc(-c5ccc6c(c5)c5c7cc(-c8ccc9c(c8)c8c%10ccccc%10n(-c%10ccccc%10)c8n9-c8ccccc8)ccc7n(-c7ccccc7)c5n6-c5ccccc5)ccc4n(-c4ccccc4)c2n3-c2ccccc2)cc1. The average Bonchev–Trinajstić information content (AvgIpc) is 1.57. The quantitative estimate of drug-likeness (QED) is 0.138. The minimum atomic E-state index is 1.10. The lowest BCUT2D eigenvalue weighted by molar-refractivity contribution is 1.07. The summed E-state index contributed by atoms with van der Waals surface area (Å²) in [6.07, 6.45) is 0. The highest BCUT2D eigenvalue weighted by atomic mass is 15.2. The smallest absolute Gasteiger partial charge is 0.131 e. The highest BCUT2D eigenvalue weighted by Gasteiger charge is 2.28. The van der Waals surface area contributed by atoms with Crippen LogP contribution >= 0.6 is 0 Å². The van der Waals surface area contributed by atoms with Crippen molar-refractivity contribution in [3.05, 3.63) is 328 Å². The van der Waals surface area contributed by atoms with Crippen LogP contribution in [-0.2, 0) is 0 Å². The van der Waals surface area contributed by atoms with Gasteiger partial charge in [-0.05, 0) is 173 Å². The normalized spacial score (nSPS) is 12.0. The molecule has 0 unspecified atom stereocenters. The number of nitrogens with zero attached hydrogens (tertiary/aromatic N) is 6. The molecule has 6 heteroatoms. The molecule has 19 aromatic rings. The first-order chi connectivity index (χ1) is 44.7. The Morgan fingerprint density at radius 2 is 0.344 bits per heavy atom. The van der Waals surface area contributed by atoms with Crippen LogP contribution in [0.3, 0.4) is 0 Å². The molecule has 6 nitrogen and oxygen atoms in total. The molecule has 420 valence electrons. The Bertz CT molecular complexity index is 6030. The summed E-state index contributed by atoms with van der Waals surface area (Å²) >= 11 is 0. The first-order valence-corrected chi connectivity index (χ1v) is 30.9. The van der Waals surface area contributed by atoms with Crippen LogP contribution in [0, 0.1) is 0 Å². The number of fused-ring (bicyclic) bond motifs is 15. The fourth-order valence-corrected chi connectivity index (χ4v) is 14.9. The Kier molecular flexibility index (Phi) is 11.0. The maximum atomic E-state index is 2.48. The zero-order valence-corrected chi connectivity index (χ0v) is 48.9. The van der Waals surface area contributed by atoms with Gasteiger partial charge in [-0.2, -0.15) is 0 Å². The van der Waals surface area contributed by atoms with Gasteiger partial charge in [0.05, 0.1) is 33.1 Å². The van der Waals surface area contributed by atoms with Gasteiger partial charge in [-0.3, -0.25) is 27.4 Å². The summed E-state index contributed by atoms with van der Waals surface area (Å²) in [4.78, 5) is 0. The molecule has 0 amide bonds. The Morgan fingerprint density at radius 3 is 0.611 bits per heavy atom. The van der Waals surface area contributed by atoms with E-state index in [1.54, 1.807) is 0 Å². The van der Waals surface area contributed by atoms with Crippen molar-refractivity contribution in [2.24, 2.45) is 0 Å². The minimum Gasteiger partial charge on any atom is -0.295 e. The molecule has 0 N–H and O–H groups in total. The lowest BCUT2D eigenvalue weighted by Gasteiger charge is -2.14. The maximum absolute atomic E-state index is 2.48. The topological polar surface area (TPSA) is 29.6 Å². The molecule has 0 spiro atoms. The summed E-state index contributed by atoms with van der Waals surface area (Å²) in [5.74, 6) is 0. The summed E-state index contributed by atoms with van der Waals surface area (Å²) in [7, 11) is 0. The molecule has 0 fully saturated rings. The molecule has 13 aromatic carbocycles. The van der Waals surface area contributed by atoms with Gasteiger partial charge in [0, 0.05) is 82.6 Å². The second-order valence-corrected chi connectivity index (χ2v) is 23.7. The van der Waals surface area contributed by atoms with Crippen LogP contribution in [0.25, 0.3) is 166 Å². The zero-order valence-electron chi connectivity index (χ0n) is 48.9. The standard InChI is InChI=1S/C84H54N6/c1-8-24-55(25-9-1)56-40-45-75-69(50-56)80-70-53-59(43-48-76(70)88(64-32-16-5-17-33-64)83(80)87(75)63-30-14-4-15-31-63)60-44-49-78-72(54-60)81-71-52-58(42-47-77(71)89(65-34-18-6-19-35-65)84(81)90(78)66-36-20-7-21-37-66)57-41-46-74-68(51-57)79-67-38-22-23-39-73(67)85(61-26-10-2-11-27-61)82(79)86(74)62-28-12-3-13-29-62/h1-54H. The van der Waals surface area contributed by atoms with Gasteiger partial charge in [0.1, 0.15) is 16.9 Å². The third kappa shape index (κ3) is 7.39. The highest BCUT2D eigenvalue weighted by Crippen LogP contribution is 2.48. The van der Waals surface area contributed by atoms with Crippen LogP contribution in [0.5, 0.6) is 0 Å². The van der Waals surface area contributed by atoms with Crippen LogP contribution in [0.15, 0.2) is 328 Å². The summed E-state index contributed by atoms with van der Waals surface area (Å²) in [6.45, 7) is 0. The van der Waals surface area contributed by atoms with Crippen molar-refractivity contribution in [1.82, 2.24) is 27.4 Å². The Hall–Kier alpha value is -12.1. The second kappa shape index (κ2) is 19.7. The van der Waals surface area contributed by atoms with Gasteiger partial charge >= 0.3 is 0 Å². The molecular weight excluding hydrogens is 1090 g/mol. The van der Waals surface area contributed by atoms with Gasteiger partial charge in [0.2, 0.25) is 0 Å². The summed E-state index contributed by atoms with van der Waals surface area (Å²) in [6, 6.07) is 120. The number of rotatable bonds is 9. The van der Waals surface area contributed by atoms with Crippen LogP contribution in [-0.4, -0.2) is 27.4 Å². The lowest BCUT2D eigenvalue weighted by Crippen LogP contribution is -2.01. The van der Waals surface area contributed by atoms with E-state index in [2.05, 4.69) is 355 Å². The van der Waals surface area contributed by atoms with E-state index in [9.17, 15) is 0 Å². The van der Waals surface area contributed by atoms with Crippen LogP contribution in [0.2, 0.25) is 0 Å². The lowest BCUT2D eigenvalue weighted by atomic mass is 9.98. The number of benzene rings is 13. The average molecular weight is 1150 g/mol. The Labute approximate surface area is 518 Å². The molecule has 0 radical (unpaired) electrons. The maximum Gasteiger partial charge on any atom is 0.131 e. The van der Waals surface area contributed by atoms with Gasteiger partial charge in [0.25, 0.3) is 0 Å². The molecule has 6 heterocycles. The van der Waals surface area contributed by atoms with Crippen molar-refractivity contribution < 1.29 is 0 Å². The van der Waals surface area contributed by atoms with E-state index < -0.39 is 0 Å². The second-order valence-electron chi connectivity index (χ2n) is 23.7. The number of hydrogen-bond acceptors (Lipinski definition) is 0. The van der Waals surface area contributed by atoms with Crippen LogP contribution in [0.1, 0.15) is 0 Å². The van der Waals surface area contributed by atoms with Gasteiger partial charge in [-0.25, -0.2) is 0 Å². The molecule has 90 heavy (non-hydrogen) atoms. The summed E-state index contributed by atoms with van der Waals surface area (Å²) in [5.41, 5.74) is 24.1. The van der Waals surface area contributed by atoms with Crippen LogP contribution < -0.4 is 0 Å². The zero-order chi connectivity index (χ0) is 59.0. The van der Waals surface area contributed by atoms with E-state index in [4.69, 9.17) is 0 Å². The molecule has 0 atom stereocenters. The van der Waals surface area contributed by atoms with Crippen molar-refractivity contribution in [3.8, 4) is 67.5 Å². The minimum absolute atomic E-state index is 1.10. The van der Waals surface area contributed by atoms with Crippen molar-refractivity contribution in [1.29, 1.82) is 0 Å².